The highest BCUT2D eigenvalue weighted by Crippen LogP contribution is 2.27. The lowest BCUT2D eigenvalue weighted by Gasteiger charge is -2.20. The molecule has 3 heteroatoms. The van der Waals surface area contributed by atoms with Crippen molar-refractivity contribution < 1.29 is 9.59 Å². The molecule has 0 bridgehead atoms. The van der Waals surface area contributed by atoms with Crippen LogP contribution in [0.1, 0.15) is 20.8 Å². The molecule has 0 aromatic carbocycles. The molecule has 0 N–H and O–H groups in total. The molecule has 1 aliphatic heterocycles. The van der Waals surface area contributed by atoms with E-state index in [0.717, 1.165) is 6.21 Å². The first-order chi connectivity index (χ1) is 5.41. The van der Waals surface area contributed by atoms with Crippen LogP contribution in [0.4, 0.5) is 0 Å². The third-order valence-electron chi connectivity index (χ3n) is 1.63. The Bertz CT molecular complexity index is 292. The van der Waals surface area contributed by atoms with Gasteiger partial charge in [0.05, 0.1) is 6.21 Å². The van der Waals surface area contributed by atoms with Crippen molar-refractivity contribution >= 4 is 17.9 Å². The number of allylic oxidation sites excluding steroid dienone is 1. The van der Waals surface area contributed by atoms with Crippen LogP contribution in [-0.4, -0.2) is 17.9 Å². The second kappa shape index (κ2) is 2.66. The maximum Gasteiger partial charge on any atom is 0.273 e. The van der Waals surface area contributed by atoms with Crippen LogP contribution in [0.25, 0.3) is 0 Å². The SMILES string of the molecule is CC(C)(C)C1=CC(=O)C=NC1=O. The predicted octanol–water partition coefficient (Wildman–Crippen LogP) is 1.14. The average molecular weight is 165 g/mol. The van der Waals surface area contributed by atoms with Crippen LogP contribution in [-0.2, 0) is 9.59 Å². The number of ketones is 1. The highest BCUT2D eigenvalue weighted by Gasteiger charge is 2.26. The van der Waals surface area contributed by atoms with Crippen LogP contribution >= 0.6 is 0 Å². The van der Waals surface area contributed by atoms with Crippen molar-refractivity contribution in [2.45, 2.75) is 20.8 Å². The lowest BCUT2D eigenvalue weighted by Crippen LogP contribution is -2.21. The molecule has 3 nitrogen and oxygen atoms in total. The third-order valence-corrected chi connectivity index (χ3v) is 1.63. The van der Waals surface area contributed by atoms with Crippen molar-refractivity contribution in [3.63, 3.8) is 0 Å². The van der Waals surface area contributed by atoms with E-state index in [1.54, 1.807) is 0 Å². The fraction of sp³-hybridized carbons (Fsp3) is 0.444. The van der Waals surface area contributed by atoms with E-state index in [1.807, 2.05) is 20.8 Å². The molecule has 1 amide bonds. The minimum atomic E-state index is -0.304. The summed E-state index contributed by atoms with van der Waals surface area (Å²) in [5.41, 5.74) is 0.180. The van der Waals surface area contributed by atoms with Gasteiger partial charge in [-0.3, -0.25) is 9.59 Å². The molecular formula is C9H11NO2. The van der Waals surface area contributed by atoms with Gasteiger partial charge >= 0.3 is 0 Å². The Morgan fingerprint density at radius 1 is 1.25 bits per heavy atom. The van der Waals surface area contributed by atoms with Crippen molar-refractivity contribution in [1.29, 1.82) is 0 Å². The standard InChI is InChI=1S/C9H11NO2/c1-9(2,3)7-4-6(11)5-10-8(7)12/h4-5H,1-3H3. The van der Waals surface area contributed by atoms with E-state index in [9.17, 15) is 9.59 Å². The molecule has 0 saturated carbocycles. The van der Waals surface area contributed by atoms with Gasteiger partial charge < -0.3 is 0 Å². The number of nitrogens with zero attached hydrogens (tertiary/aromatic N) is 1. The van der Waals surface area contributed by atoms with Gasteiger partial charge in [-0.1, -0.05) is 20.8 Å². The molecule has 1 rings (SSSR count). The second-order valence-electron chi connectivity index (χ2n) is 3.77. The van der Waals surface area contributed by atoms with Crippen LogP contribution < -0.4 is 0 Å². The number of carbonyl (C=O) groups is 2. The largest absolute Gasteiger partial charge is 0.288 e. The number of carbonyl (C=O) groups excluding carboxylic acids is 2. The summed E-state index contributed by atoms with van der Waals surface area (Å²) < 4.78 is 0. The van der Waals surface area contributed by atoms with E-state index in [4.69, 9.17) is 0 Å². The Labute approximate surface area is 71.2 Å². The summed E-state index contributed by atoms with van der Waals surface area (Å²) in [5.74, 6) is -0.512. The molecule has 0 aromatic rings. The fourth-order valence-corrected chi connectivity index (χ4v) is 0.970. The van der Waals surface area contributed by atoms with Gasteiger partial charge in [-0.2, -0.15) is 0 Å². The minimum Gasteiger partial charge on any atom is -0.288 e. The zero-order valence-electron chi connectivity index (χ0n) is 7.42. The van der Waals surface area contributed by atoms with Gasteiger partial charge in [0, 0.05) is 5.57 Å². The molecule has 0 atom stereocenters. The highest BCUT2D eigenvalue weighted by atomic mass is 16.2. The quantitative estimate of drug-likeness (QED) is 0.540. The molecule has 0 fully saturated rings. The zero-order chi connectivity index (χ0) is 9.35. The average Bonchev–Trinajstić information content (AvgIpc) is 1.92. The molecule has 0 radical (unpaired) electrons. The van der Waals surface area contributed by atoms with Crippen LogP contribution in [0.15, 0.2) is 16.6 Å². The molecule has 1 aliphatic rings. The van der Waals surface area contributed by atoms with Crippen LogP contribution in [0.5, 0.6) is 0 Å². The first kappa shape index (κ1) is 8.84. The lowest BCUT2D eigenvalue weighted by molar-refractivity contribution is -0.117. The Morgan fingerprint density at radius 2 is 1.83 bits per heavy atom. The lowest BCUT2D eigenvalue weighted by atomic mass is 9.84. The fourth-order valence-electron chi connectivity index (χ4n) is 0.970. The van der Waals surface area contributed by atoms with Gasteiger partial charge in [0.1, 0.15) is 0 Å². The Hall–Kier alpha value is -1.25. The molecule has 12 heavy (non-hydrogen) atoms. The van der Waals surface area contributed by atoms with E-state index < -0.39 is 0 Å². The molecule has 64 valence electrons. The van der Waals surface area contributed by atoms with Crippen molar-refractivity contribution in [3.8, 4) is 0 Å². The van der Waals surface area contributed by atoms with Gasteiger partial charge in [-0.25, -0.2) is 4.99 Å². The van der Waals surface area contributed by atoms with E-state index in [-0.39, 0.29) is 17.1 Å². The van der Waals surface area contributed by atoms with Crippen LogP contribution in [0, 0.1) is 5.41 Å². The monoisotopic (exact) mass is 165 g/mol. The van der Waals surface area contributed by atoms with E-state index >= 15 is 0 Å². The van der Waals surface area contributed by atoms with E-state index in [2.05, 4.69) is 4.99 Å². The Morgan fingerprint density at radius 3 is 2.25 bits per heavy atom. The number of rotatable bonds is 0. The number of dihydropyridines is 1. The summed E-state index contributed by atoms with van der Waals surface area (Å²) in [6.07, 6.45) is 2.41. The molecule has 0 unspecified atom stereocenters. The number of aliphatic imine (C=N–C) groups is 1. The molecule has 1 heterocycles. The van der Waals surface area contributed by atoms with E-state index in [1.165, 1.54) is 6.08 Å². The number of hydrogen-bond acceptors (Lipinski definition) is 2. The molecule has 0 spiro atoms. The molecule has 0 aliphatic carbocycles. The second-order valence-corrected chi connectivity index (χ2v) is 3.77. The maximum absolute atomic E-state index is 11.2. The summed E-state index contributed by atoms with van der Waals surface area (Å²) in [4.78, 5) is 25.5. The smallest absolute Gasteiger partial charge is 0.273 e. The Balaban J connectivity index is 3.05. The molecule has 0 aromatic heterocycles. The summed E-state index contributed by atoms with van der Waals surface area (Å²) >= 11 is 0. The summed E-state index contributed by atoms with van der Waals surface area (Å²) in [5, 5.41) is 0. The van der Waals surface area contributed by atoms with Crippen molar-refractivity contribution in [1.82, 2.24) is 0 Å². The third kappa shape index (κ3) is 1.67. The van der Waals surface area contributed by atoms with Gasteiger partial charge in [0.2, 0.25) is 0 Å². The van der Waals surface area contributed by atoms with Crippen molar-refractivity contribution in [3.05, 3.63) is 11.6 Å². The van der Waals surface area contributed by atoms with Gasteiger partial charge in [0.25, 0.3) is 5.91 Å². The number of amides is 1. The van der Waals surface area contributed by atoms with Crippen LogP contribution in [0.3, 0.4) is 0 Å². The molecule has 0 saturated heterocycles. The van der Waals surface area contributed by atoms with E-state index in [0.29, 0.717) is 5.57 Å². The predicted molar refractivity (Wildman–Crippen MR) is 46.0 cm³/mol. The number of hydrogen-bond donors (Lipinski definition) is 0. The normalized spacial score (nSPS) is 18.1. The first-order valence-electron chi connectivity index (χ1n) is 3.76. The summed E-state index contributed by atoms with van der Waals surface area (Å²) in [6.45, 7) is 5.64. The zero-order valence-corrected chi connectivity index (χ0v) is 7.42. The van der Waals surface area contributed by atoms with Gasteiger partial charge in [0.15, 0.2) is 5.78 Å². The Kier molecular flexibility index (Phi) is 1.96. The highest BCUT2D eigenvalue weighted by molar-refractivity contribution is 6.38. The van der Waals surface area contributed by atoms with Crippen molar-refractivity contribution in [2.75, 3.05) is 0 Å². The summed E-state index contributed by atoms with van der Waals surface area (Å²) in [7, 11) is 0. The van der Waals surface area contributed by atoms with Gasteiger partial charge in [-0.05, 0) is 11.5 Å². The molecular weight excluding hydrogens is 154 g/mol. The minimum absolute atomic E-state index is 0.209. The van der Waals surface area contributed by atoms with Crippen LogP contribution in [0.2, 0.25) is 0 Å². The summed E-state index contributed by atoms with van der Waals surface area (Å²) in [6, 6.07) is 0. The van der Waals surface area contributed by atoms with Crippen molar-refractivity contribution in [2.24, 2.45) is 10.4 Å². The maximum atomic E-state index is 11.2. The first-order valence-corrected chi connectivity index (χ1v) is 3.76. The topological polar surface area (TPSA) is 46.5 Å². The van der Waals surface area contributed by atoms with Gasteiger partial charge in [-0.15, -0.1) is 0 Å².